The number of nitrogens with one attached hydrogen (secondary N) is 2. The number of hydrazine groups is 2. The average Bonchev–Trinajstić information content (AvgIpc) is 2.34. The van der Waals surface area contributed by atoms with Crippen molar-refractivity contribution in [2.45, 2.75) is 13.8 Å². The van der Waals surface area contributed by atoms with Crippen LogP contribution in [0.1, 0.15) is 11.4 Å². The normalized spacial score (nSPS) is 16.9. The average molecular weight is 238 g/mol. The molecule has 17 heavy (non-hydrogen) atoms. The van der Waals surface area contributed by atoms with Crippen LogP contribution >= 0.6 is 0 Å². The first kappa shape index (κ1) is 12.0. The van der Waals surface area contributed by atoms with E-state index in [-0.39, 0.29) is 0 Å². The van der Waals surface area contributed by atoms with E-state index in [1.165, 1.54) is 0 Å². The van der Waals surface area contributed by atoms with Crippen LogP contribution < -0.4 is 16.7 Å². The minimum atomic E-state index is 0.647. The maximum atomic E-state index is 5.42. The molecular formula is C10H18N6O. The number of aromatic nitrogens is 2. The molecule has 1 fully saturated rings. The molecule has 1 saturated heterocycles. The zero-order chi connectivity index (χ0) is 12.3. The first-order chi connectivity index (χ1) is 8.20. The smallest absolute Gasteiger partial charge is 0.149 e. The molecule has 1 aliphatic heterocycles. The Balaban J connectivity index is 2.16. The molecule has 2 heterocycles. The van der Waals surface area contributed by atoms with Crippen molar-refractivity contribution < 1.29 is 4.74 Å². The molecule has 0 amide bonds. The predicted octanol–water partition coefficient (Wildman–Crippen LogP) is 0.0381. The Hall–Kier alpha value is -1.44. The summed E-state index contributed by atoms with van der Waals surface area (Å²) in [6, 6.07) is 0. The molecule has 1 aromatic rings. The maximum absolute atomic E-state index is 5.42. The molecule has 0 atom stereocenters. The van der Waals surface area contributed by atoms with Crippen LogP contribution in [0.4, 0.5) is 11.6 Å². The standard InChI is InChI=1S/C10H18N6O/c1-7-9(14-11)12-8(2)13-10(7)15-16-3-5-17-6-4-16/h3-6,11H2,1-2H3,(H2,12,13,14,15). The molecule has 0 unspecified atom stereocenters. The first-order valence-electron chi connectivity index (χ1n) is 5.62. The van der Waals surface area contributed by atoms with Crippen molar-refractivity contribution >= 4 is 11.6 Å². The summed E-state index contributed by atoms with van der Waals surface area (Å²) in [4.78, 5) is 8.59. The molecule has 1 aromatic heterocycles. The number of nitrogens with two attached hydrogens (primary N) is 1. The van der Waals surface area contributed by atoms with Gasteiger partial charge in [-0.25, -0.2) is 20.8 Å². The highest BCUT2D eigenvalue weighted by Gasteiger charge is 2.14. The SMILES string of the molecule is Cc1nc(NN)c(C)c(NN2CCOCC2)n1. The van der Waals surface area contributed by atoms with Crippen LogP contribution in [0.3, 0.4) is 0 Å². The van der Waals surface area contributed by atoms with E-state index in [1.54, 1.807) is 0 Å². The number of nitrogen functional groups attached to an aromatic ring is 1. The molecule has 94 valence electrons. The number of morpholine rings is 1. The van der Waals surface area contributed by atoms with E-state index in [0.29, 0.717) is 11.6 Å². The van der Waals surface area contributed by atoms with Gasteiger partial charge >= 0.3 is 0 Å². The number of hydrogen-bond donors (Lipinski definition) is 3. The molecule has 0 saturated carbocycles. The fourth-order valence-corrected chi connectivity index (χ4v) is 1.70. The van der Waals surface area contributed by atoms with Crippen molar-refractivity contribution in [3.8, 4) is 0 Å². The van der Waals surface area contributed by atoms with E-state index in [0.717, 1.165) is 37.7 Å². The Morgan fingerprint density at radius 3 is 2.47 bits per heavy atom. The number of rotatable bonds is 3. The molecular weight excluding hydrogens is 220 g/mol. The second kappa shape index (κ2) is 5.26. The Labute approximate surface area is 100 Å². The van der Waals surface area contributed by atoms with E-state index < -0.39 is 0 Å². The Morgan fingerprint density at radius 2 is 1.82 bits per heavy atom. The van der Waals surface area contributed by atoms with Crippen molar-refractivity contribution in [1.82, 2.24) is 15.0 Å². The molecule has 2 rings (SSSR count). The lowest BCUT2D eigenvalue weighted by atomic mass is 10.3. The molecule has 7 heteroatoms. The zero-order valence-electron chi connectivity index (χ0n) is 10.2. The largest absolute Gasteiger partial charge is 0.379 e. The molecule has 1 aliphatic rings. The molecule has 7 nitrogen and oxygen atoms in total. The highest BCUT2D eigenvalue weighted by Crippen LogP contribution is 2.19. The van der Waals surface area contributed by atoms with Gasteiger partial charge in [0.15, 0.2) is 0 Å². The number of aryl methyl sites for hydroxylation is 1. The summed E-state index contributed by atoms with van der Waals surface area (Å²) in [6.45, 7) is 6.92. The van der Waals surface area contributed by atoms with E-state index >= 15 is 0 Å². The number of nitrogens with zero attached hydrogens (tertiary/aromatic N) is 3. The van der Waals surface area contributed by atoms with Gasteiger partial charge in [-0.05, 0) is 13.8 Å². The number of anilines is 2. The molecule has 0 bridgehead atoms. The van der Waals surface area contributed by atoms with Crippen molar-refractivity contribution in [2.75, 3.05) is 37.2 Å². The molecule has 0 spiro atoms. The van der Waals surface area contributed by atoms with Gasteiger partial charge in [-0.15, -0.1) is 0 Å². The third kappa shape index (κ3) is 2.82. The van der Waals surface area contributed by atoms with Gasteiger partial charge in [-0.2, -0.15) is 0 Å². The van der Waals surface area contributed by atoms with E-state index in [4.69, 9.17) is 10.6 Å². The minimum absolute atomic E-state index is 0.647. The van der Waals surface area contributed by atoms with Crippen LogP contribution in [-0.2, 0) is 4.74 Å². The quantitative estimate of drug-likeness (QED) is 0.506. The summed E-state index contributed by atoms with van der Waals surface area (Å²) in [5.74, 6) is 7.53. The van der Waals surface area contributed by atoms with Gasteiger partial charge in [0, 0.05) is 18.7 Å². The van der Waals surface area contributed by atoms with Crippen molar-refractivity contribution in [2.24, 2.45) is 5.84 Å². The van der Waals surface area contributed by atoms with Gasteiger partial charge in [-0.1, -0.05) is 0 Å². The van der Waals surface area contributed by atoms with Crippen LogP contribution in [0.2, 0.25) is 0 Å². The fraction of sp³-hybridized carbons (Fsp3) is 0.600. The zero-order valence-corrected chi connectivity index (χ0v) is 10.2. The Kier molecular flexibility index (Phi) is 3.72. The fourth-order valence-electron chi connectivity index (χ4n) is 1.70. The van der Waals surface area contributed by atoms with Gasteiger partial charge in [0.25, 0.3) is 0 Å². The van der Waals surface area contributed by atoms with Crippen molar-refractivity contribution in [3.63, 3.8) is 0 Å². The summed E-state index contributed by atoms with van der Waals surface area (Å²) >= 11 is 0. The summed E-state index contributed by atoms with van der Waals surface area (Å²) in [6.07, 6.45) is 0. The van der Waals surface area contributed by atoms with E-state index in [1.807, 2.05) is 13.8 Å². The van der Waals surface area contributed by atoms with Gasteiger partial charge in [0.1, 0.15) is 17.5 Å². The van der Waals surface area contributed by atoms with Gasteiger partial charge in [0.2, 0.25) is 0 Å². The van der Waals surface area contributed by atoms with Crippen LogP contribution in [-0.4, -0.2) is 41.3 Å². The van der Waals surface area contributed by atoms with Crippen LogP contribution in [0.15, 0.2) is 0 Å². The Morgan fingerprint density at radius 1 is 1.18 bits per heavy atom. The summed E-state index contributed by atoms with van der Waals surface area (Å²) in [5.41, 5.74) is 6.76. The molecule has 0 aromatic carbocycles. The molecule has 0 radical (unpaired) electrons. The lowest BCUT2D eigenvalue weighted by Crippen LogP contribution is -2.40. The third-order valence-electron chi connectivity index (χ3n) is 2.67. The minimum Gasteiger partial charge on any atom is -0.379 e. The van der Waals surface area contributed by atoms with Crippen LogP contribution in [0.25, 0.3) is 0 Å². The molecule has 0 aliphatic carbocycles. The third-order valence-corrected chi connectivity index (χ3v) is 2.67. The lowest BCUT2D eigenvalue weighted by molar-refractivity contribution is 0.0494. The van der Waals surface area contributed by atoms with E-state index in [2.05, 4.69) is 25.8 Å². The lowest BCUT2D eigenvalue weighted by Gasteiger charge is -2.28. The first-order valence-corrected chi connectivity index (χ1v) is 5.62. The van der Waals surface area contributed by atoms with Crippen molar-refractivity contribution in [1.29, 1.82) is 0 Å². The Bertz CT molecular complexity index is 391. The molecule has 4 N–H and O–H groups in total. The van der Waals surface area contributed by atoms with Crippen molar-refractivity contribution in [3.05, 3.63) is 11.4 Å². The summed E-state index contributed by atoms with van der Waals surface area (Å²) in [5, 5.41) is 2.08. The topological polar surface area (TPSA) is 88.3 Å². The monoisotopic (exact) mass is 238 g/mol. The predicted molar refractivity (Wildman–Crippen MR) is 65.3 cm³/mol. The summed E-state index contributed by atoms with van der Waals surface area (Å²) in [7, 11) is 0. The maximum Gasteiger partial charge on any atom is 0.149 e. The summed E-state index contributed by atoms with van der Waals surface area (Å²) < 4.78 is 5.29. The second-order valence-corrected chi connectivity index (χ2v) is 3.95. The highest BCUT2D eigenvalue weighted by atomic mass is 16.5. The van der Waals surface area contributed by atoms with Gasteiger partial charge in [0.05, 0.1) is 13.2 Å². The van der Waals surface area contributed by atoms with Crippen LogP contribution in [0.5, 0.6) is 0 Å². The van der Waals surface area contributed by atoms with Gasteiger partial charge in [-0.3, -0.25) is 0 Å². The van der Waals surface area contributed by atoms with Gasteiger partial charge < -0.3 is 15.6 Å². The highest BCUT2D eigenvalue weighted by molar-refractivity contribution is 5.56. The van der Waals surface area contributed by atoms with E-state index in [9.17, 15) is 0 Å². The number of hydrogen-bond acceptors (Lipinski definition) is 7. The number of ether oxygens (including phenoxy) is 1. The second-order valence-electron chi connectivity index (χ2n) is 3.95. The van der Waals surface area contributed by atoms with Crippen LogP contribution in [0, 0.1) is 13.8 Å².